The highest BCUT2D eigenvalue weighted by molar-refractivity contribution is 9.10. The van der Waals surface area contributed by atoms with Crippen LogP contribution >= 0.6 is 39.1 Å². The lowest BCUT2D eigenvalue weighted by Crippen LogP contribution is -1.91. The highest BCUT2D eigenvalue weighted by Gasteiger charge is 2.16. The van der Waals surface area contributed by atoms with Crippen LogP contribution in [0.5, 0.6) is 0 Å². The second-order valence-electron chi connectivity index (χ2n) is 6.37. The van der Waals surface area contributed by atoms with Gasteiger partial charge in [-0.1, -0.05) is 71.7 Å². The maximum Gasteiger partial charge on any atom is 0.123 e. The first-order chi connectivity index (χ1) is 13.5. The van der Waals surface area contributed by atoms with Gasteiger partial charge in [-0.15, -0.1) is 0 Å². The van der Waals surface area contributed by atoms with E-state index in [1.165, 1.54) is 12.1 Å². The van der Waals surface area contributed by atoms with Gasteiger partial charge in [0.2, 0.25) is 0 Å². The van der Waals surface area contributed by atoms with E-state index >= 15 is 0 Å². The fraction of sp³-hybridized carbons (Fsp3) is 0. The van der Waals surface area contributed by atoms with Gasteiger partial charge < -0.3 is 0 Å². The van der Waals surface area contributed by atoms with Crippen molar-refractivity contribution < 1.29 is 4.39 Å². The molecule has 0 saturated heterocycles. The quantitative estimate of drug-likeness (QED) is 0.279. The van der Waals surface area contributed by atoms with Crippen LogP contribution in [0.1, 0.15) is 0 Å². The second-order valence-corrected chi connectivity index (χ2v) is 8.04. The monoisotopic (exact) mass is 470 g/mol. The molecule has 0 aliphatic rings. The fourth-order valence-corrected chi connectivity index (χ4v) is 4.34. The van der Waals surface area contributed by atoms with Crippen LogP contribution < -0.4 is 0 Å². The second kappa shape index (κ2) is 8.08. The van der Waals surface area contributed by atoms with Crippen molar-refractivity contribution in [3.63, 3.8) is 0 Å². The molecule has 0 unspecified atom stereocenters. The van der Waals surface area contributed by atoms with Crippen LogP contribution in [0.3, 0.4) is 0 Å². The van der Waals surface area contributed by atoms with Crippen molar-refractivity contribution in [2.75, 3.05) is 0 Å². The van der Waals surface area contributed by atoms with Gasteiger partial charge in [-0.05, 0) is 80.1 Å². The summed E-state index contributed by atoms with van der Waals surface area (Å²) < 4.78 is 14.3. The van der Waals surface area contributed by atoms with E-state index in [0.29, 0.717) is 10.0 Å². The Morgan fingerprint density at radius 2 is 1.21 bits per heavy atom. The third kappa shape index (κ3) is 3.86. The van der Waals surface area contributed by atoms with Crippen molar-refractivity contribution in [3.8, 4) is 33.4 Å². The number of rotatable bonds is 3. The molecule has 0 saturated carbocycles. The number of benzene rings is 4. The summed E-state index contributed by atoms with van der Waals surface area (Å²) in [6.07, 6.45) is 0. The molecule has 4 heteroatoms. The third-order valence-electron chi connectivity index (χ3n) is 4.57. The van der Waals surface area contributed by atoms with Gasteiger partial charge in [0.1, 0.15) is 5.82 Å². The molecule has 0 heterocycles. The molecular weight excluding hydrogens is 458 g/mol. The van der Waals surface area contributed by atoms with E-state index in [9.17, 15) is 4.39 Å². The Balaban J connectivity index is 1.98. The van der Waals surface area contributed by atoms with Gasteiger partial charge >= 0.3 is 0 Å². The standard InChI is InChI=1S/C24H14BrCl2F/c25-24-22(16-6-10-20(28)11-7-16)13-12-21(15-4-8-18(26)9-5-15)23(24)17-2-1-3-19(27)14-17/h1-14H. The van der Waals surface area contributed by atoms with E-state index in [2.05, 4.69) is 22.0 Å². The largest absolute Gasteiger partial charge is 0.207 e. The first-order valence-electron chi connectivity index (χ1n) is 8.63. The smallest absolute Gasteiger partial charge is 0.123 e. The molecule has 0 nitrogen and oxygen atoms in total. The van der Waals surface area contributed by atoms with Gasteiger partial charge in [0.25, 0.3) is 0 Å². The van der Waals surface area contributed by atoms with Crippen molar-refractivity contribution >= 4 is 39.1 Å². The molecular formula is C24H14BrCl2F. The highest BCUT2D eigenvalue weighted by Crippen LogP contribution is 2.43. The summed E-state index contributed by atoms with van der Waals surface area (Å²) in [5, 5.41) is 1.36. The molecule has 138 valence electrons. The van der Waals surface area contributed by atoms with Crippen LogP contribution in [0, 0.1) is 5.82 Å². The minimum atomic E-state index is -0.257. The maximum absolute atomic E-state index is 13.4. The summed E-state index contributed by atoms with van der Waals surface area (Å²) in [4.78, 5) is 0. The lowest BCUT2D eigenvalue weighted by atomic mass is 9.91. The molecule has 0 aliphatic carbocycles. The number of halogens is 4. The third-order valence-corrected chi connectivity index (χ3v) is 5.88. The van der Waals surface area contributed by atoms with Crippen LogP contribution in [0.25, 0.3) is 33.4 Å². The normalized spacial score (nSPS) is 10.9. The van der Waals surface area contributed by atoms with E-state index < -0.39 is 0 Å². The van der Waals surface area contributed by atoms with Crippen LogP contribution in [0.2, 0.25) is 10.0 Å². The summed E-state index contributed by atoms with van der Waals surface area (Å²) in [5.74, 6) is -0.257. The van der Waals surface area contributed by atoms with E-state index in [1.807, 2.05) is 54.6 Å². The van der Waals surface area contributed by atoms with Gasteiger partial charge in [0.15, 0.2) is 0 Å². The predicted octanol–water partition coefficient (Wildman–Crippen LogP) is 8.90. The topological polar surface area (TPSA) is 0 Å². The highest BCUT2D eigenvalue weighted by atomic mass is 79.9. The van der Waals surface area contributed by atoms with Crippen molar-refractivity contribution in [1.82, 2.24) is 0 Å². The summed E-state index contributed by atoms with van der Waals surface area (Å²) in [7, 11) is 0. The van der Waals surface area contributed by atoms with Crippen molar-refractivity contribution in [2.24, 2.45) is 0 Å². The van der Waals surface area contributed by atoms with E-state index in [-0.39, 0.29) is 5.82 Å². The SMILES string of the molecule is Fc1ccc(-c2ccc(-c3ccc(Cl)cc3)c(-c3cccc(Cl)c3)c2Br)cc1. The number of hydrogen-bond acceptors (Lipinski definition) is 0. The lowest BCUT2D eigenvalue weighted by molar-refractivity contribution is 0.628. The predicted molar refractivity (Wildman–Crippen MR) is 120 cm³/mol. The molecule has 0 aromatic heterocycles. The molecule has 0 fully saturated rings. The Morgan fingerprint density at radius 3 is 1.89 bits per heavy atom. The van der Waals surface area contributed by atoms with Crippen molar-refractivity contribution in [1.29, 1.82) is 0 Å². The van der Waals surface area contributed by atoms with Crippen molar-refractivity contribution in [2.45, 2.75) is 0 Å². The fourth-order valence-electron chi connectivity index (χ4n) is 3.22. The summed E-state index contributed by atoms with van der Waals surface area (Å²) >= 11 is 16.1. The van der Waals surface area contributed by atoms with Gasteiger partial charge in [-0.25, -0.2) is 4.39 Å². The minimum absolute atomic E-state index is 0.257. The van der Waals surface area contributed by atoms with Crippen LogP contribution in [0.4, 0.5) is 4.39 Å². The average molecular weight is 472 g/mol. The van der Waals surface area contributed by atoms with Gasteiger partial charge in [-0.2, -0.15) is 0 Å². The molecule has 0 aliphatic heterocycles. The van der Waals surface area contributed by atoms with E-state index in [1.54, 1.807) is 12.1 Å². The summed E-state index contributed by atoms with van der Waals surface area (Å²) in [6, 6.07) is 26.1. The first kappa shape index (κ1) is 19.2. The molecule has 4 aromatic carbocycles. The van der Waals surface area contributed by atoms with Crippen LogP contribution in [-0.4, -0.2) is 0 Å². The molecule has 0 bridgehead atoms. The zero-order valence-electron chi connectivity index (χ0n) is 14.6. The average Bonchev–Trinajstić information content (AvgIpc) is 2.69. The first-order valence-corrected chi connectivity index (χ1v) is 10.2. The summed E-state index contributed by atoms with van der Waals surface area (Å²) in [5.41, 5.74) is 6.02. The van der Waals surface area contributed by atoms with Gasteiger partial charge in [-0.3, -0.25) is 0 Å². The zero-order chi connectivity index (χ0) is 19.7. The zero-order valence-corrected chi connectivity index (χ0v) is 17.7. The molecule has 4 aromatic rings. The molecule has 0 amide bonds. The molecule has 0 atom stereocenters. The van der Waals surface area contributed by atoms with Crippen molar-refractivity contribution in [3.05, 3.63) is 105 Å². The Morgan fingerprint density at radius 1 is 0.607 bits per heavy atom. The van der Waals surface area contributed by atoms with Crippen LogP contribution in [0.15, 0.2) is 89.4 Å². The summed E-state index contributed by atoms with van der Waals surface area (Å²) in [6.45, 7) is 0. The van der Waals surface area contributed by atoms with Crippen LogP contribution in [-0.2, 0) is 0 Å². The Kier molecular flexibility index (Phi) is 5.54. The Hall–Kier alpha value is -2.13. The minimum Gasteiger partial charge on any atom is -0.207 e. The Labute approximate surface area is 181 Å². The Bertz CT molecular complexity index is 1140. The molecule has 0 spiro atoms. The molecule has 28 heavy (non-hydrogen) atoms. The number of hydrogen-bond donors (Lipinski definition) is 0. The lowest BCUT2D eigenvalue weighted by Gasteiger charge is -2.17. The maximum atomic E-state index is 13.4. The van der Waals surface area contributed by atoms with E-state index in [4.69, 9.17) is 23.2 Å². The van der Waals surface area contributed by atoms with E-state index in [0.717, 1.165) is 37.9 Å². The molecule has 4 rings (SSSR count). The van der Waals surface area contributed by atoms with Gasteiger partial charge in [0.05, 0.1) is 0 Å². The van der Waals surface area contributed by atoms with Gasteiger partial charge in [0, 0.05) is 20.1 Å². The molecule has 0 radical (unpaired) electrons. The molecule has 0 N–H and O–H groups in total.